The van der Waals surface area contributed by atoms with Crippen molar-refractivity contribution in [2.75, 3.05) is 0 Å². The van der Waals surface area contributed by atoms with Crippen LogP contribution in [-0.4, -0.2) is 4.98 Å². The van der Waals surface area contributed by atoms with Gasteiger partial charge in [0.25, 0.3) is 6.43 Å². The third-order valence-corrected chi connectivity index (χ3v) is 3.21. The molecule has 0 unspecified atom stereocenters. The molecule has 12 heavy (non-hydrogen) atoms. The smallest absolute Gasteiger partial charge is 0.248 e. The maximum absolute atomic E-state index is 12.4. The molecule has 0 aliphatic heterocycles. The van der Waals surface area contributed by atoms with Gasteiger partial charge in [-0.05, 0) is 51.0 Å². The standard InChI is InChI=1S/C7H5BrF2IN/c1-3-4(11)2-12-6(8)5(3)7(9)10/h2,7H,1H3. The lowest BCUT2D eigenvalue weighted by Crippen LogP contribution is -1.96. The number of halogens is 4. The molecule has 0 spiro atoms. The molecule has 0 fully saturated rings. The highest BCUT2D eigenvalue weighted by molar-refractivity contribution is 14.1. The van der Waals surface area contributed by atoms with Crippen molar-refractivity contribution in [3.8, 4) is 0 Å². The Morgan fingerprint density at radius 2 is 2.17 bits per heavy atom. The van der Waals surface area contributed by atoms with Gasteiger partial charge in [-0.3, -0.25) is 0 Å². The average Bonchev–Trinajstić information content (AvgIpc) is 1.97. The van der Waals surface area contributed by atoms with E-state index in [9.17, 15) is 8.78 Å². The molecule has 0 amide bonds. The highest BCUT2D eigenvalue weighted by atomic mass is 127. The zero-order valence-electron chi connectivity index (χ0n) is 6.11. The number of alkyl halides is 2. The van der Waals surface area contributed by atoms with Gasteiger partial charge in [0.1, 0.15) is 4.60 Å². The first-order valence-corrected chi connectivity index (χ1v) is 5.00. The summed E-state index contributed by atoms with van der Waals surface area (Å²) < 4.78 is 25.8. The predicted molar refractivity (Wildman–Crippen MR) is 54.3 cm³/mol. The summed E-state index contributed by atoms with van der Waals surface area (Å²) in [5.41, 5.74) is 0.578. The minimum absolute atomic E-state index is 0.0121. The van der Waals surface area contributed by atoms with E-state index in [0.717, 1.165) is 3.57 Å². The molecular weight excluding hydrogens is 343 g/mol. The number of pyridine rings is 1. The van der Waals surface area contributed by atoms with Gasteiger partial charge < -0.3 is 0 Å². The monoisotopic (exact) mass is 347 g/mol. The fraction of sp³-hybridized carbons (Fsp3) is 0.286. The second kappa shape index (κ2) is 3.95. The molecule has 0 saturated heterocycles. The maximum Gasteiger partial charge on any atom is 0.266 e. The number of rotatable bonds is 1. The van der Waals surface area contributed by atoms with Crippen LogP contribution in [0.15, 0.2) is 10.8 Å². The van der Waals surface area contributed by atoms with Crippen molar-refractivity contribution in [1.82, 2.24) is 4.98 Å². The van der Waals surface area contributed by atoms with E-state index in [1.807, 2.05) is 22.6 Å². The Bertz CT molecular complexity index is 304. The van der Waals surface area contributed by atoms with Gasteiger partial charge in [-0.15, -0.1) is 0 Å². The van der Waals surface area contributed by atoms with Crippen LogP contribution in [0.2, 0.25) is 0 Å². The highest BCUT2D eigenvalue weighted by Crippen LogP contribution is 2.30. The Balaban J connectivity index is 3.33. The van der Waals surface area contributed by atoms with Crippen LogP contribution in [0.4, 0.5) is 8.78 Å². The molecule has 0 radical (unpaired) electrons. The van der Waals surface area contributed by atoms with Crippen molar-refractivity contribution >= 4 is 38.5 Å². The first-order chi connectivity index (χ1) is 5.54. The SMILES string of the molecule is Cc1c(I)cnc(Br)c1C(F)F. The lowest BCUT2D eigenvalue weighted by atomic mass is 10.2. The molecule has 1 rings (SSSR count). The Hall–Kier alpha value is 0.220. The van der Waals surface area contributed by atoms with Gasteiger partial charge >= 0.3 is 0 Å². The zero-order chi connectivity index (χ0) is 9.30. The molecule has 0 N–H and O–H groups in total. The first kappa shape index (κ1) is 10.3. The third kappa shape index (κ3) is 1.93. The van der Waals surface area contributed by atoms with E-state index in [2.05, 4.69) is 20.9 Å². The molecule has 1 aromatic rings. The quantitative estimate of drug-likeness (QED) is 0.557. The molecule has 0 aliphatic carbocycles. The first-order valence-electron chi connectivity index (χ1n) is 3.12. The van der Waals surface area contributed by atoms with E-state index in [1.54, 1.807) is 13.1 Å². The molecule has 1 aromatic heterocycles. The van der Waals surface area contributed by atoms with Gasteiger partial charge in [0.15, 0.2) is 0 Å². The van der Waals surface area contributed by atoms with Gasteiger partial charge in [0, 0.05) is 9.77 Å². The number of hydrogen-bond donors (Lipinski definition) is 0. The van der Waals surface area contributed by atoms with E-state index >= 15 is 0 Å². The normalized spacial score (nSPS) is 10.8. The van der Waals surface area contributed by atoms with Crippen LogP contribution in [0.5, 0.6) is 0 Å². The lowest BCUT2D eigenvalue weighted by molar-refractivity contribution is 0.149. The predicted octanol–water partition coefficient (Wildman–Crippen LogP) is 3.69. The second-order valence-electron chi connectivity index (χ2n) is 2.24. The molecule has 0 aromatic carbocycles. The minimum Gasteiger partial charge on any atom is -0.248 e. The van der Waals surface area contributed by atoms with Crippen molar-refractivity contribution in [3.05, 3.63) is 25.5 Å². The highest BCUT2D eigenvalue weighted by Gasteiger charge is 2.17. The maximum atomic E-state index is 12.4. The summed E-state index contributed by atoms with van der Waals surface area (Å²) in [4.78, 5) is 3.79. The summed E-state index contributed by atoms with van der Waals surface area (Å²) in [7, 11) is 0. The van der Waals surface area contributed by atoms with Crippen LogP contribution in [0.25, 0.3) is 0 Å². The van der Waals surface area contributed by atoms with Gasteiger partial charge in [0.2, 0.25) is 0 Å². The van der Waals surface area contributed by atoms with E-state index in [1.165, 1.54) is 0 Å². The Morgan fingerprint density at radius 3 is 2.58 bits per heavy atom. The second-order valence-corrected chi connectivity index (χ2v) is 4.15. The fourth-order valence-corrected chi connectivity index (χ4v) is 1.82. The van der Waals surface area contributed by atoms with E-state index in [0.29, 0.717) is 5.56 Å². The van der Waals surface area contributed by atoms with Crippen molar-refractivity contribution < 1.29 is 8.78 Å². The van der Waals surface area contributed by atoms with E-state index < -0.39 is 6.43 Å². The number of hydrogen-bond acceptors (Lipinski definition) is 1. The van der Waals surface area contributed by atoms with Gasteiger partial charge in [0.05, 0.1) is 5.56 Å². The van der Waals surface area contributed by atoms with Gasteiger partial charge in [-0.25, -0.2) is 13.8 Å². The van der Waals surface area contributed by atoms with Crippen molar-refractivity contribution in [2.24, 2.45) is 0 Å². The molecule has 0 saturated carbocycles. The summed E-state index contributed by atoms with van der Waals surface area (Å²) in [6.07, 6.45) is -0.909. The number of nitrogens with zero attached hydrogens (tertiary/aromatic N) is 1. The molecule has 1 nitrogen and oxygen atoms in total. The molecule has 5 heteroatoms. The van der Waals surface area contributed by atoms with Crippen LogP contribution in [0, 0.1) is 10.5 Å². The average molecular weight is 348 g/mol. The van der Waals surface area contributed by atoms with Crippen LogP contribution >= 0.6 is 38.5 Å². The Kier molecular flexibility index (Phi) is 3.39. The number of aromatic nitrogens is 1. The van der Waals surface area contributed by atoms with Crippen molar-refractivity contribution in [1.29, 1.82) is 0 Å². The summed E-state index contributed by atoms with van der Waals surface area (Å²) in [6.45, 7) is 1.66. The van der Waals surface area contributed by atoms with Crippen molar-refractivity contribution in [2.45, 2.75) is 13.3 Å². The summed E-state index contributed by atoms with van der Waals surface area (Å²) in [6, 6.07) is 0. The van der Waals surface area contributed by atoms with E-state index in [-0.39, 0.29) is 10.2 Å². The lowest BCUT2D eigenvalue weighted by Gasteiger charge is -2.07. The zero-order valence-corrected chi connectivity index (χ0v) is 9.86. The summed E-state index contributed by atoms with van der Waals surface area (Å²) in [5, 5.41) is 0. The third-order valence-electron chi connectivity index (χ3n) is 1.49. The largest absolute Gasteiger partial charge is 0.266 e. The Morgan fingerprint density at radius 1 is 1.58 bits per heavy atom. The minimum atomic E-state index is -2.47. The van der Waals surface area contributed by atoms with E-state index in [4.69, 9.17) is 0 Å². The topological polar surface area (TPSA) is 12.9 Å². The fourth-order valence-electron chi connectivity index (χ4n) is 0.817. The van der Waals surface area contributed by atoms with Gasteiger partial charge in [-0.2, -0.15) is 0 Å². The summed E-state index contributed by atoms with van der Waals surface area (Å²) in [5.74, 6) is 0. The molecular formula is C7H5BrF2IN. The molecule has 66 valence electrons. The molecule has 0 atom stereocenters. The molecule has 0 aliphatic rings. The Labute approximate surface area is 90.8 Å². The van der Waals surface area contributed by atoms with Crippen LogP contribution < -0.4 is 0 Å². The van der Waals surface area contributed by atoms with Crippen molar-refractivity contribution in [3.63, 3.8) is 0 Å². The van der Waals surface area contributed by atoms with Crippen LogP contribution in [0.1, 0.15) is 17.6 Å². The summed E-state index contributed by atoms with van der Waals surface area (Å²) >= 11 is 4.97. The van der Waals surface area contributed by atoms with Gasteiger partial charge in [-0.1, -0.05) is 0 Å². The molecule has 1 heterocycles. The van der Waals surface area contributed by atoms with Crippen LogP contribution in [-0.2, 0) is 0 Å². The van der Waals surface area contributed by atoms with Crippen LogP contribution in [0.3, 0.4) is 0 Å². The molecule has 0 bridgehead atoms.